The Hall–Kier alpha value is -2.24. The average molecular weight is 250 g/mol. The Balaban J connectivity index is 2.17. The van der Waals surface area contributed by atoms with Crippen molar-refractivity contribution in [1.82, 2.24) is 5.32 Å². The quantitative estimate of drug-likeness (QED) is 0.680. The molecular formula is C12H14N2O4. The van der Waals surface area contributed by atoms with Crippen LogP contribution in [0.25, 0.3) is 0 Å². The van der Waals surface area contributed by atoms with Crippen molar-refractivity contribution in [2.24, 2.45) is 0 Å². The molecule has 2 rings (SSSR count). The first kappa shape index (κ1) is 12.2. The van der Waals surface area contributed by atoms with Crippen molar-refractivity contribution in [3.05, 3.63) is 23.8 Å². The summed E-state index contributed by atoms with van der Waals surface area (Å²) in [5.74, 6) is -0.943. The van der Waals surface area contributed by atoms with E-state index in [-0.39, 0.29) is 11.3 Å². The van der Waals surface area contributed by atoms with Gasteiger partial charge in [-0.3, -0.25) is 4.79 Å². The molecule has 0 bridgehead atoms. The maximum atomic E-state index is 11.9. The number of nitrogens with two attached hydrogens (primary N) is 1. The van der Waals surface area contributed by atoms with Crippen molar-refractivity contribution in [2.75, 3.05) is 12.8 Å². The zero-order chi connectivity index (χ0) is 13.3. The van der Waals surface area contributed by atoms with Crippen LogP contribution in [0.2, 0.25) is 0 Å². The van der Waals surface area contributed by atoms with E-state index >= 15 is 0 Å². The number of carbonyl (C=O) groups excluding carboxylic acids is 1. The van der Waals surface area contributed by atoms with E-state index in [0.717, 1.165) is 0 Å². The van der Waals surface area contributed by atoms with Gasteiger partial charge in [0, 0.05) is 11.8 Å². The second-order valence-corrected chi connectivity index (χ2v) is 4.29. The lowest BCUT2D eigenvalue weighted by atomic mass is 10.1. The highest BCUT2D eigenvalue weighted by molar-refractivity contribution is 6.02. The van der Waals surface area contributed by atoms with E-state index in [1.165, 1.54) is 19.2 Å². The summed E-state index contributed by atoms with van der Waals surface area (Å²) in [7, 11) is 1.50. The molecule has 0 aromatic heterocycles. The molecule has 6 nitrogen and oxygen atoms in total. The number of hydrogen-bond donors (Lipinski definition) is 3. The summed E-state index contributed by atoms with van der Waals surface area (Å²) in [4.78, 5) is 22.9. The second-order valence-electron chi connectivity index (χ2n) is 4.29. The first-order valence-corrected chi connectivity index (χ1v) is 5.48. The van der Waals surface area contributed by atoms with Crippen molar-refractivity contribution < 1.29 is 19.4 Å². The van der Waals surface area contributed by atoms with Gasteiger partial charge in [-0.2, -0.15) is 0 Å². The van der Waals surface area contributed by atoms with Crippen LogP contribution in [0.15, 0.2) is 18.2 Å². The number of nitrogens with one attached hydrogen (secondary N) is 1. The minimum absolute atomic E-state index is 0.253. The Bertz CT molecular complexity index is 509. The Kier molecular flexibility index (Phi) is 2.86. The lowest BCUT2D eigenvalue weighted by Gasteiger charge is -2.13. The number of benzene rings is 1. The molecule has 1 saturated carbocycles. The van der Waals surface area contributed by atoms with Crippen molar-refractivity contribution in [3.8, 4) is 5.75 Å². The summed E-state index contributed by atoms with van der Waals surface area (Å²) in [6.07, 6.45) is 0.897. The number of ether oxygens (including phenoxy) is 1. The Labute approximate surface area is 104 Å². The van der Waals surface area contributed by atoms with Gasteiger partial charge in [0.2, 0.25) is 0 Å². The van der Waals surface area contributed by atoms with Gasteiger partial charge in [-0.25, -0.2) is 4.79 Å². The van der Waals surface area contributed by atoms with Gasteiger partial charge in [0.1, 0.15) is 11.3 Å². The molecule has 18 heavy (non-hydrogen) atoms. The molecule has 0 radical (unpaired) electrons. The van der Waals surface area contributed by atoms with Crippen LogP contribution >= 0.6 is 0 Å². The fourth-order valence-electron chi connectivity index (χ4n) is 1.68. The van der Waals surface area contributed by atoms with Crippen molar-refractivity contribution in [3.63, 3.8) is 0 Å². The van der Waals surface area contributed by atoms with Gasteiger partial charge in [-0.05, 0) is 25.0 Å². The van der Waals surface area contributed by atoms with Crippen molar-refractivity contribution >= 4 is 17.6 Å². The molecule has 96 valence electrons. The Morgan fingerprint density at radius 1 is 1.44 bits per heavy atom. The number of amides is 1. The first-order valence-electron chi connectivity index (χ1n) is 5.48. The van der Waals surface area contributed by atoms with E-state index in [1.807, 2.05) is 0 Å². The third-order valence-electron chi connectivity index (χ3n) is 3.02. The fraction of sp³-hybridized carbons (Fsp3) is 0.333. The number of carboxylic acid groups (broad SMARTS) is 1. The molecule has 0 saturated heterocycles. The summed E-state index contributed by atoms with van der Waals surface area (Å²) >= 11 is 0. The number of anilines is 1. The van der Waals surface area contributed by atoms with Crippen molar-refractivity contribution in [2.45, 2.75) is 18.4 Å². The number of rotatable bonds is 4. The van der Waals surface area contributed by atoms with Crippen LogP contribution in [0.5, 0.6) is 5.75 Å². The largest absolute Gasteiger partial charge is 0.497 e. The maximum Gasteiger partial charge on any atom is 0.329 e. The first-order chi connectivity index (χ1) is 8.48. The molecular weight excluding hydrogens is 236 g/mol. The Morgan fingerprint density at radius 2 is 2.11 bits per heavy atom. The van der Waals surface area contributed by atoms with Crippen LogP contribution in [0.1, 0.15) is 23.2 Å². The predicted octanol–water partition coefficient (Wildman–Crippen LogP) is 0.624. The SMILES string of the molecule is COc1ccc(C(=O)NC2(C(=O)O)CC2)c(N)c1. The van der Waals surface area contributed by atoms with Gasteiger partial charge in [0.15, 0.2) is 0 Å². The van der Waals surface area contributed by atoms with Crippen LogP contribution in [-0.4, -0.2) is 29.6 Å². The highest BCUT2D eigenvalue weighted by Crippen LogP contribution is 2.36. The zero-order valence-corrected chi connectivity index (χ0v) is 9.90. The molecule has 1 aromatic rings. The van der Waals surface area contributed by atoms with Crippen molar-refractivity contribution in [1.29, 1.82) is 0 Å². The normalized spacial score (nSPS) is 15.8. The number of carboxylic acids is 1. The number of carbonyl (C=O) groups is 2. The fourth-order valence-corrected chi connectivity index (χ4v) is 1.68. The standard InChI is InChI=1S/C12H14N2O4/c1-18-7-2-3-8(9(13)6-7)10(15)14-12(4-5-12)11(16)17/h2-3,6H,4-5,13H2,1H3,(H,14,15)(H,16,17). The topological polar surface area (TPSA) is 102 Å². The summed E-state index contributed by atoms with van der Waals surface area (Å²) in [6.45, 7) is 0. The van der Waals surface area contributed by atoms with E-state index in [2.05, 4.69) is 5.32 Å². The molecule has 0 spiro atoms. The molecule has 0 aliphatic heterocycles. The van der Waals surface area contributed by atoms with Gasteiger partial charge < -0.3 is 20.9 Å². The highest BCUT2D eigenvalue weighted by atomic mass is 16.5. The molecule has 1 amide bonds. The van der Waals surface area contributed by atoms with Crippen LogP contribution in [-0.2, 0) is 4.79 Å². The van der Waals surface area contributed by atoms with Gasteiger partial charge in [0.25, 0.3) is 5.91 Å². The van der Waals surface area contributed by atoms with E-state index in [4.69, 9.17) is 15.6 Å². The third kappa shape index (κ3) is 2.09. The van der Waals surface area contributed by atoms with Gasteiger partial charge in [-0.15, -0.1) is 0 Å². The van der Waals surface area contributed by atoms with E-state index in [1.54, 1.807) is 6.07 Å². The van der Waals surface area contributed by atoms with E-state index in [0.29, 0.717) is 18.6 Å². The molecule has 1 aliphatic rings. The van der Waals surface area contributed by atoms with Crippen LogP contribution in [0.3, 0.4) is 0 Å². The van der Waals surface area contributed by atoms with Crippen LogP contribution in [0, 0.1) is 0 Å². The number of methoxy groups -OCH3 is 1. The lowest BCUT2D eigenvalue weighted by molar-refractivity contribution is -0.140. The summed E-state index contributed by atoms with van der Waals surface area (Å²) in [5, 5.41) is 11.5. The molecule has 1 fully saturated rings. The third-order valence-corrected chi connectivity index (χ3v) is 3.02. The minimum Gasteiger partial charge on any atom is -0.497 e. The number of hydrogen-bond acceptors (Lipinski definition) is 4. The average Bonchev–Trinajstić information content (AvgIpc) is 3.09. The molecule has 1 aliphatic carbocycles. The number of aliphatic carboxylic acids is 1. The van der Waals surface area contributed by atoms with E-state index in [9.17, 15) is 9.59 Å². The highest BCUT2D eigenvalue weighted by Gasteiger charge is 2.51. The molecule has 0 heterocycles. The monoisotopic (exact) mass is 250 g/mol. The molecule has 1 aromatic carbocycles. The zero-order valence-electron chi connectivity index (χ0n) is 9.90. The predicted molar refractivity (Wildman–Crippen MR) is 64.5 cm³/mol. The smallest absolute Gasteiger partial charge is 0.329 e. The second kappa shape index (κ2) is 4.21. The Morgan fingerprint density at radius 3 is 2.56 bits per heavy atom. The summed E-state index contributed by atoms with van der Waals surface area (Å²) < 4.78 is 4.98. The number of nitrogen functional groups attached to an aromatic ring is 1. The van der Waals surface area contributed by atoms with E-state index < -0.39 is 17.4 Å². The van der Waals surface area contributed by atoms with Gasteiger partial charge in [-0.1, -0.05) is 0 Å². The molecule has 0 atom stereocenters. The maximum absolute atomic E-state index is 11.9. The van der Waals surface area contributed by atoms with Gasteiger partial charge >= 0.3 is 5.97 Å². The molecule has 6 heteroatoms. The molecule has 0 unspecified atom stereocenters. The lowest BCUT2D eigenvalue weighted by Crippen LogP contribution is -2.43. The summed E-state index contributed by atoms with van der Waals surface area (Å²) in [6, 6.07) is 4.64. The molecule has 4 N–H and O–H groups in total. The summed E-state index contributed by atoms with van der Waals surface area (Å²) in [5.41, 5.74) is 5.13. The van der Waals surface area contributed by atoms with Crippen LogP contribution in [0.4, 0.5) is 5.69 Å². The van der Waals surface area contributed by atoms with Crippen LogP contribution < -0.4 is 15.8 Å². The van der Waals surface area contributed by atoms with Gasteiger partial charge in [0.05, 0.1) is 12.7 Å². The minimum atomic E-state index is -1.11.